The first-order chi connectivity index (χ1) is 8.58. The maximum Gasteiger partial charge on any atom is 0.453 e. The molecule has 0 N–H and O–H groups in total. The van der Waals surface area contributed by atoms with Gasteiger partial charge in [-0.3, -0.25) is 0 Å². The van der Waals surface area contributed by atoms with E-state index in [2.05, 4.69) is 0 Å². The van der Waals surface area contributed by atoms with Gasteiger partial charge in [-0.15, -0.1) is 0 Å². The van der Waals surface area contributed by atoms with Gasteiger partial charge in [0.25, 0.3) is 0 Å². The van der Waals surface area contributed by atoms with Crippen LogP contribution in [0.15, 0.2) is 0 Å². The van der Waals surface area contributed by atoms with Crippen LogP contribution in [-0.4, -0.2) is 37.7 Å². The van der Waals surface area contributed by atoms with Crippen molar-refractivity contribution in [2.75, 3.05) is 5.75 Å². The van der Waals surface area contributed by atoms with Gasteiger partial charge in [0.15, 0.2) is 9.84 Å². The number of rotatable bonds is 6. The fourth-order valence-electron chi connectivity index (χ4n) is 1.17. The van der Waals surface area contributed by atoms with Crippen LogP contribution in [0, 0.1) is 0 Å². The summed E-state index contributed by atoms with van der Waals surface area (Å²) in [4.78, 5) is 0. The number of hydrogen-bond donors (Lipinski definition) is 0. The highest BCUT2D eigenvalue weighted by atomic mass is 32.2. The van der Waals surface area contributed by atoms with Crippen molar-refractivity contribution in [1.29, 1.82) is 0 Å². The van der Waals surface area contributed by atoms with Gasteiger partial charge in [0.1, 0.15) is 0 Å². The van der Waals surface area contributed by atoms with Crippen molar-refractivity contribution < 1.29 is 43.5 Å². The normalized spacial score (nSPS) is 16.2. The summed E-state index contributed by atoms with van der Waals surface area (Å²) >= 11 is 0. The third-order valence-electron chi connectivity index (χ3n) is 2.56. The lowest BCUT2D eigenvalue weighted by molar-refractivity contribution is -0.284. The molecule has 122 valence electrons. The van der Waals surface area contributed by atoms with Crippen molar-refractivity contribution in [2.45, 2.75) is 49.7 Å². The second-order valence-electron chi connectivity index (χ2n) is 4.28. The molecule has 20 heavy (non-hydrogen) atoms. The monoisotopic (exact) mass is 336 g/mol. The summed E-state index contributed by atoms with van der Waals surface area (Å²) in [7, 11) is -4.38. The molecule has 0 amide bonds. The topological polar surface area (TPSA) is 34.1 Å². The summed E-state index contributed by atoms with van der Waals surface area (Å²) in [5.74, 6) is -6.41. The molecule has 0 aromatic heterocycles. The third kappa shape index (κ3) is 6.23. The third-order valence-corrected chi connectivity index (χ3v) is 4.80. The molecule has 0 aliphatic rings. The molecule has 0 rings (SSSR count). The van der Waals surface area contributed by atoms with Gasteiger partial charge < -0.3 is 0 Å². The van der Waals surface area contributed by atoms with E-state index in [4.69, 9.17) is 0 Å². The van der Waals surface area contributed by atoms with Crippen molar-refractivity contribution >= 4 is 9.84 Å². The quantitative estimate of drug-likeness (QED) is 0.693. The molecule has 1 unspecified atom stereocenters. The molecule has 0 aliphatic carbocycles. The minimum absolute atomic E-state index is 0.804. The first-order valence-corrected chi connectivity index (χ1v) is 7.03. The summed E-state index contributed by atoms with van der Waals surface area (Å²) in [6.45, 7) is 0.804. The van der Waals surface area contributed by atoms with E-state index >= 15 is 0 Å². The van der Waals surface area contributed by atoms with Crippen LogP contribution in [0.25, 0.3) is 0 Å². The van der Waals surface area contributed by atoms with E-state index in [1.807, 2.05) is 0 Å². The van der Waals surface area contributed by atoms with Crippen LogP contribution in [0.1, 0.15) is 26.2 Å². The van der Waals surface area contributed by atoms with E-state index in [-0.39, 0.29) is 0 Å². The fourth-order valence-corrected chi connectivity index (χ4v) is 2.56. The Hall–Kier alpha value is -0.610. The Morgan fingerprint density at radius 3 is 1.70 bits per heavy atom. The van der Waals surface area contributed by atoms with Crippen LogP contribution >= 0.6 is 0 Å². The highest BCUT2D eigenvalue weighted by Crippen LogP contribution is 2.39. The first-order valence-electron chi connectivity index (χ1n) is 5.31. The predicted molar refractivity (Wildman–Crippen MR) is 54.2 cm³/mol. The van der Waals surface area contributed by atoms with Crippen LogP contribution in [0.5, 0.6) is 0 Å². The van der Waals surface area contributed by atoms with Crippen molar-refractivity contribution in [3.63, 3.8) is 0 Å². The lowest BCUT2D eigenvalue weighted by Gasteiger charge is -2.21. The largest absolute Gasteiger partial charge is 0.453 e. The Kier molecular flexibility index (Phi) is 5.84. The molecule has 1 atom stereocenters. The number of alkyl halides is 8. The molecule has 0 bridgehead atoms. The smallest absolute Gasteiger partial charge is 0.229 e. The van der Waals surface area contributed by atoms with Gasteiger partial charge in [-0.1, -0.05) is 0 Å². The Labute approximate surface area is 110 Å². The second-order valence-corrected chi connectivity index (χ2v) is 6.82. The Morgan fingerprint density at radius 1 is 0.900 bits per heavy atom. The van der Waals surface area contributed by atoms with Crippen LogP contribution < -0.4 is 0 Å². The number of hydrogen-bond acceptors (Lipinski definition) is 2. The zero-order chi connectivity index (χ0) is 16.4. The van der Waals surface area contributed by atoms with Crippen LogP contribution in [0.4, 0.5) is 35.1 Å². The number of halogens is 8. The van der Waals surface area contributed by atoms with Gasteiger partial charge in [0, 0.05) is 6.42 Å². The average molecular weight is 336 g/mol. The Balaban J connectivity index is 4.59. The second kappa shape index (κ2) is 6.02. The molecule has 0 aromatic carbocycles. The van der Waals surface area contributed by atoms with Crippen molar-refractivity contribution in [3.05, 3.63) is 0 Å². The van der Waals surface area contributed by atoms with Gasteiger partial charge in [-0.25, -0.2) is 8.42 Å². The molecule has 0 aromatic rings. The maximum atomic E-state index is 12.6. The van der Waals surface area contributed by atoms with E-state index < -0.39 is 58.4 Å². The van der Waals surface area contributed by atoms with E-state index in [9.17, 15) is 43.5 Å². The van der Waals surface area contributed by atoms with Gasteiger partial charge in [-0.2, -0.15) is 35.1 Å². The minimum atomic E-state index is -5.82. The Bertz CT molecular complexity index is 409. The standard InChI is InChI=1S/C9H12F8O2S/c1-6(2-3-7(10,11)9(15,16)17)20(18,19)5-4-8(12,13)14/h6H,2-5H2,1H3. The highest BCUT2D eigenvalue weighted by molar-refractivity contribution is 7.92. The molecule has 11 heteroatoms. The predicted octanol–water partition coefficient (Wildman–Crippen LogP) is 3.72. The maximum absolute atomic E-state index is 12.6. The molecule has 0 heterocycles. The van der Waals surface area contributed by atoms with Crippen molar-refractivity contribution in [1.82, 2.24) is 0 Å². The summed E-state index contributed by atoms with van der Waals surface area (Å²) in [6, 6.07) is 0. The summed E-state index contributed by atoms with van der Waals surface area (Å²) in [5, 5.41) is -1.71. The number of sulfone groups is 1. The van der Waals surface area contributed by atoms with Gasteiger partial charge in [-0.05, 0) is 13.3 Å². The molecule has 0 spiro atoms. The molecular weight excluding hydrogens is 324 g/mol. The lowest BCUT2D eigenvalue weighted by Crippen LogP contribution is -2.37. The van der Waals surface area contributed by atoms with Gasteiger partial charge in [0.2, 0.25) is 0 Å². The zero-order valence-electron chi connectivity index (χ0n) is 10.2. The SMILES string of the molecule is CC(CCC(F)(F)C(F)(F)F)S(=O)(=O)CCC(F)(F)F. The first kappa shape index (κ1) is 19.4. The summed E-state index contributed by atoms with van der Waals surface area (Å²) in [5.41, 5.74) is 0. The van der Waals surface area contributed by atoms with E-state index in [0.29, 0.717) is 0 Å². The van der Waals surface area contributed by atoms with Crippen molar-refractivity contribution in [2.24, 2.45) is 0 Å². The highest BCUT2D eigenvalue weighted by Gasteiger charge is 2.56. The molecule has 0 fully saturated rings. The zero-order valence-corrected chi connectivity index (χ0v) is 11.0. The molecule has 0 aliphatic heterocycles. The molecule has 0 saturated carbocycles. The average Bonchev–Trinajstić information content (AvgIpc) is 2.20. The molecular formula is C9H12F8O2S. The van der Waals surface area contributed by atoms with Gasteiger partial charge in [0.05, 0.1) is 17.4 Å². The summed E-state index contributed by atoms with van der Waals surface area (Å²) in [6.07, 6.45) is -15.1. The van der Waals surface area contributed by atoms with Gasteiger partial charge >= 0.3 is 18.3 Å². The molecule has 2 nitrogen and oxygen atoms in total. The van der Waals surface area contributed by atoms with Crippen LogP contribution in [0.3, 0.4) is 0 Å². The van der Waals surface area contributed by atoms with Crippen LogP contribution in [-0.2, 0) is 9.84 Å². The Morgan fingerprint density at radius 2 is 1.35 bits per heavy atom. The van der Waals surface area contributed by atoms with Crippen molar-refractivity contribution in [3.8, 4) is 0 Å². The lowest BCUT2D eigenvalue weighted by atomic mass is 10.1. The molecule has 0 saturated heterocycles. The summed E-state index contributed by atoms with van der Waals surface area (Å²) < 4.78 is 119. The molecule has 0 radical (unpaired) electrons. The van der Waals surface area contributed by atoms with E-state index in [1.165, 1.54) is 0 Å². The van der Waals surface area contributed by atoms with Crippen LogP contribution in [0.2, 0.25) is 0 Å². The van der Waals surface area contributed by atoms with E-state index in [1.54, 1.807) is 0 Å². The van der Waals surface area contributed by atoms with E-state index in [0.717, 1.165) is 6.92 Å². The minimum Gasteiger partial charge on any atom is -0.229 e. The fraction of sp³-hybridized carbons (Fsp3) is 1.00.